The van der Waals surface area contributed by atoms with Crippen molar-refractivity contribution in [2.45, 2.75) is 52.4 Å². The van der Waals surface area contributed by atoms with E-state index < -0.39 is 0 Å². The van der Waals surface area contributed by atoms with Crippen molar-refractivity contribution in [3.05, 3.63) is 0 Å². The second-order valence-electron chi connectivity index (χ2n) is 5.57. The summed E-state index contributed by atoms with van der Waals surface area (Å²) in [6.45, 7) is 5.11. The largest absolute Gasteiger partial charge is 0.354 e. The molecule has 104 valence electrons. The van der Waals surface area contributed by atoms with Gasteiger partial charge in [-0.05, 0) is 18.8 Å². The minimum atomic E-state index is 0.0666. The molecule has 0 atom stereocenters. The molecule has 0 aromatic rings. The lowest BCUT2D eigenvalue weighted by Gasteiger charge is -2.20. The zero-order valence-electron chi connectivity index (χ0n) is 11.6. The Bertz CT molecular complexity index is 271. The molecule has 18 heavy (non-hydrogen) atoms. The van der Waals surface area contributed by atoms with Crippen LogP contribution in [0.1, 0.15) is 52.4 Å². The summed E-state index contributed by atoms with van der Waals surface area (Å²) in [5, 5.41) is 5.73. The molecule has 2 N–H and O–H groups in total. The van der Waals surface area contributed by atoms with Crippen molar-refractivity contribution in [1.82, 2.24) is 10.6 Å². The third-order valence-corrected chi connectivity index (χ3v) is 3.32. The summed E-state index contributed by atoms with van der Waals surface area (Å²) >= 11 is 0. The number of carbonyl (C=O) groups is 2. The second kappa shape index (κ2) is 8.11. The van der Waals surface area contributed by atoms with Crippen LogP contribution in [-0.4, -0.2) is 24.9 Å². The third-order valence-electron chi connectivity index (χ3n) is 3.32. The van der Waals surface area contributed by atoms with Crippen LogP contribution in [0.25, 0.3) is 0 Å². The highest BCUT2D eigenvalue weighted by Crippen LogP contribution is 2.23. The Morgan fingerprint density at radius 3 is 2.28 bits per heavy atom. The predicted octanol–water partition coefficient (Wildman–Crippen LogP) is 1.85. The van der Waals surface area contributed by atoms with Crippen LogP contribution >= 0.6 is 0 Å². The molecule has 4 heteroatoms. The van der Waals surface area contributed by atoms with Crippen molar-refractivity contribution < 1.29 is 9.59 Å². The zero-order chi connectivity index (χ0) is 13.4. The predicted molar refractivity (Wildman–Crippen MR) is 72.0 cm³/mol. The van der Waals surface area contributed by atoms with Gasteiger partial charge in [0.25, 0.3) is 0 Å². The summed E-state index contributed by atoms with van der Waals surface area (Å²) in [6.07, 6.45) is 6.19. The van der Waals surface area contributed by atoms with E-state index in [0.717, 1.165) is 12.8 Å². The highest BCUT2D eigenvalue weighted by atomic mass is 16.2. The van der Waals surface area contributed by atoms with Crippen LogP contribution in [0.4, 0.5) is 0 Å². The Balaban J connectivity index is 2.06. The summed E-state index contributed by atoms with van der Waals surface area (Å²) in [7, 11) is 0. The van der Waals surface area contributed by atoms with E-state index in [4.69, 9.17) is 0 Å². The SMILES string of the molecule is CC(C)CC(=O)NCCNC(=O)C1CCCCC1. The molecule has 0 aliphatic heterocycles. The topological polar surface area (TPSA) is 58.2 Å². The van der Waals surface area contributed by atoms with Gasteiger partial charge in [0, 0.05) is 25.4 Å². The third kappa shape index (κ3) is 6.03. The van der Waals surface area contributed by atoms with E-state index in [9.17, 15) is 9.59 Å². The average molecular weight is 254 g/mol. The van der Waals surface area contributed by atoms with Gasteiger partial charge in [-0.2, -0.15) is 0 Å². The summed E-state index contributed by atoms with van der Waals surface area (Å²) in [6, 6.07) is 0. The quantitative estimate of drug-likeness (QED) is 0.711. The molecule has 1 rings (SSSR count). The first kappa shape index (κ1) is 15.0. The molecule has 2 amide bonds. The minimum absolute atomic E-state index is 0.0666. The molecule has 0 unspecified atom stereocenters. The van der Waals surface area contributed by atoms with E-state index in [0.29, 0.717) is 25.4 Å². The van der Waals surface area contributed by atoms with E-state index in [1.54, 1.807) is 0 Å². The number of nitrogens with one attached hydrogen (secondary N) is 2. The van der Waals surface area contributed by atoms with Crippen molar-refractivity contribution in [3.63, 3.8) is 0 Å². The van der Waals surface area contributed by atoms with Crippen LogP contribution in [0.15, 0.2) is 0 Å². The molecule has 4 nitrogen and oxygen atoms in total. The smallest absolute Gasteiger partial charge is 0.223 e. The minimum Gasteiger partial charge on any atom is -0.354 e. The van der Waals surface area contributed by atoms with E-state index in [1.165, 1.54) is 19.3 Å². The summed E-state index contributed by atoms with van der Waals surface area (Å²) in [4.78, 5) is 23.2. The van der Waals surface area contributed by atoms with Gasteiger partial charge in [0.2, 0.25) is 11.8 Å². The van der Waals surface area contributed by atoms with Crippen LogP contribution in [0.3, 0.4) is 0 Å². The van der Waals surface area contributed by atoms with E-state index >= 15 is 0 Å². The van der Waals surface area contributed by atoms with Crippen molar-refractivity contribution in [2.24, 2.45) is 11.8 Å². The van der Waals surface area contributed by atoms with Crippen molar-refractivity contribution in [3.8, 4) is 0 Å². The fraction of sp³-hybridized carbons (Fsp3) is 0.857. The van der Waals surface area contributed by atoms with Crippen LogP contribution in [0.5, 0.6) is 0 Å². The highest BCUT2D eigenvalue weighted by Gasteiger charge is 2.20. The van der Waals surface area contributed by atoms with Crippen LogP contribution in [0, 0.1) is 11.8 Å². The van der Waals surface area contributed by atoms with Gasteiger partial charge in [-0.1, -0.05) is 33.1 Å². The molecule has 0 saturated heterocycles. The Kier molecular flexibility index (Phi) is 6.76. The van der Waals surface area contributed by atoms with Crippen molar-refractivity contribution in [2.75, 3.05) is 13.1 Å². The standard InChI is InChI=1S/C14H26N2O2/c1-11(2)10-13(17)15-8-9-16-14(18)12-6-4-3-5-7-12/h11-12H,3-10H2,1-2H3,(H,15,17)(H,16,18). The maximum Gasteiger partial charge on any atom is 0.223 e. The lowest BCUT2D eigenvalue weighted by molar-refractivity contribution is -0.126. The number of hydrogen-bond donors (Lipinski definition) is 2. The van der Waals surface area contributed by atoms with Gasteiger partial charge in [0.1, 0.15) is 0 Å². The molecule has 0 aromatic carbocycles. The number of carbonyl (C=O) groups excluding carboxylic acids is 2. The molecule has 1 saturated carbocycles. The van der Waals surface area contributed by atoms with Crippen LogP contribution < -0.4 is 10.6 Å². The molecule has 1 fully saturated rings. The fourth-order valence-corrected chi connectivity index (χ4v) is 2.34. The first-order chi connectivity index (χ1) is 8.59. The lowest BCUT2D eigenvalue weighted by Crippen LogP contribution is -2.38. The van der Waals surface area contributed by atoms with Gasteiger partial charge in [-0.15, -0.1) is 0 Å². The summed E-state index contributed by atoms with van der Waals surface area (Å²) in [5.41, 5.74) is 0. The number of rotatable bonds is 6. The zero-order valence-corrected chi connectivity index (χ0v) is 11.6. The Labute approximate surface area is 110 Å². The molecule has 1 aliphatic carbocycles. The molecule has 0 heterocycles. The van der Waals surface area contributed by atoms with E-state index in [1.807, 2.05) is 13.8 Å². The average Bonchev–Trinajstić information content (AvgIpc) is 2.34. The van der Waals surface area contributed by atoms with E-state index in [-0.39, 0.29) is 17.7 Å². The Morgan fingerprint density at radius 1 is 1.06 bits per heavy atom. The molecule has 0 radical (unpaired) electrons. The van der Waals surface area contributed by atoms with Gasteiger partial charge in [0.05, 0.1) is 0 Å². The monoisotopic (exact) mass is 254 g/mol. The normalized spacial score (nSPS) is 16.6. The molecule has 0 spiro atoms. The number of hydrogen-bond acceptors (Lipinski definition) is 2. The van der Waals surface area contributed by atoms with Gasteiger partial charge in [0.15, 0.2) is 0 Å². The first-order valence-corrected chi connectivity index (χ1v) is 7.14. The molecular weight excluding hydrogens is 228 g/mol. The van der Waals surface area contributed by atoms with Gasteiger partial charge >= 0.3 is 0 Å². The molecule has 1 aliphatic rings. The second-order valence-corrected chi connectivity index (χ2v) is 5.57. The van der Waals surface area contributed by atoms with Gasteiger partial charge < -0.3 is 10.6 Å². The van der Waals surface area contributed by atoms with Crippen LogP contribution in [-0.2, 0) is 9.59 Å². The van der Waals surface area contributed by atoms with Gasteiger partial charge in [-0.25, -0.2) is 0 Å². The summed E-state index contributed by atoms with van der Waals surface area (Å²) < 4.78 is 0. The van der Waals surface area contributed by atoms with Crippen molar-refractivity contribution >= 4 is 11.8 Å². The number of amides is 2. The fourth-order valence-electron chi connectivity index (χ4n) is 2.34. The van der Waals surface area contributed by atoms with E-state index in [2.05, 4.69) is 10.6 Å². The van der Waals surface area contributed by atoms with Crippen LogP contribution in [0.2, 0.25) is 0 Å². The maximum absolute atomic E-state index is 11.8. The maximum atomic E-state index is 11.8. The Morgan fingerprint density at radius 2 is 1.67 bits per heavy atom. The van der Waals surface area contributed by atoms with Crippen molar-refractivity contribution in [1.29, 1.82) is 0 Å². The summed E-state index contributed by atoms with van der Waals surface area (Å²) in [5.74, 6) is 0.802. The molecule has 0 bridgehead atoms. The highest BCUT2D eigenvalue weighted by molar-refractivity contribution is 5.79. The lowest BCUT2D eigenvalue weighted by atomic mass is 9.89. The van der Waals surface area contributed by atoms with Gasteiger partial charge in [-0.3, -0.25) is 9.59 Å². The Hall–Kier alpha value is -1.06. The molecular formula is C14H26N2O2. The molecule has 0 aromatic heterocycles. The first-order valence-electron chi connectivity index (χ1n) is 7.14.